The van der Waals surface area contributed by atoms with Gasteiger partial charge in [0.15, 0.2) is 0 Å². The summed E-state index contributed by atoms with van der Waals surface area (Å²) in [5.41, 5.74) is 2.02. The average molecular weight is 359 g/mol. The molecule has 0 aliphatic heterocycles. The Morgan fingerprint density at radius 2 is 1.72 bits per heavy atom. The highest BCUT2D eigenvalue weighted by atomic mass is 35.5. The predicted molar refractivity (Wildman–Crippen MR) is 101 cm³/mol. The molecule has 0 fully saturated rings. The highest BCUT2D eigenvalue weighted by molar-refractivity contribution is 6.30. The molecule has 0 aliphatic carbocycles. The molecular weight excluding hydrogens is 340 g/mol. The summed E-state index contributed by atoms with van der Waals surface area (Å²) in [5.74, 6) is 0.284. The fourth-order valence-electron chi connectivity index (χ4n) is 2.07. The van der Waals surface area contributed by atoms with E-state index in [1.807, 2.05) is 0 Å². The number of anilines is 2. The van der Waals surface area contributed by atoms with Gasteiger partial charge in [-0.2, -0.15) is 0 Å². The molecule has 2 amide bonds. The lowest BCUT2D eigenvalue weighted by Crippen LogP contribution is -2.10. The first-order valence-corrected chi connectivity index (χ1v) is 8.12. The summed E-state index contributed by atoms with van der Waals surface area (Å²) < 4.78 is 5.23. The monoisotopic (exact) mass is 358 g/mol. The van der Waals surface area contributed by atoms with Crippen LogP contribution in [0.3, 0.4) is 0 Å². The van der Waals surface area contributed by atoms with Gasteiger partial charge < -0.3 is 15.4 Å². The van der Waals surface area contributed by atoms with Gasteiger partial charge in [-0.05, 0) is 48.5 Å². The van der Waals surface area contributed by atoms with Gasteiger partial charge in [0.05, 0.1) is 7.11 Å². The minimum Gasteiger partial charge on any atom is -0.496 e. The summed E-state index contributed by atoms with van der Waals surface area (Å²) in [7, 11) is 1.56. The maximum Gasteiger partial charge on any atom is 0.248 e. The second-order valence-electron chi connectivity index (χ2n) is 5.19. The summed E-state index contributed by atoms with van der Waals surface area (Å²) in [4.78, 5) is 23.4. The van der Waals surface area contributed by atoms with Gasteiger partial charge in [-0.25, -0.2) is 0 Å². The van der Waals surface area contributed by atoms with E-state index in [4.69, 9.17) is 16.3 Å². The third-order valence-corrected chi connectivity index (χ3v) is 3.60. The van der Waals surface area contributed by atoms with Crippen molar-refractivity contribution in [3.63, 3.8) is 0 Å². The van der Waals surface area contributed by atoms with E-state index in [2.05, 4.69) is 10.6 Å². The van der Waals surface area contributed by atoms with Crippen LogP contribution in [-0.4, -0.2) is 18.9 Å². The first-order chi connectivity index (χ1) is 12.0. The van der Waals surface area contributed by atoms with Crippen molar-refractivity contribution in [2.24, 2.45) is 0 Å². The van der Waals surface area contributed by atoms with E-state index in [0.717, 1.165) is 0 Å². The molecule has 0 heterocycles. The largest absolute Gasteiger partial charge is 0.496 e. The summed E-state index contributed by atoms with van der Waals surface area (Å²) in [5, 5.41) is 6.05. The van der Waals surface area contributed by atoms with Crippen molar-refractivity contribution in [1.29, 1.82) is 0 Å². The van der Waals surface area contributed by atoms with Crippen LogP contribution in [0.15, 0.2) is 48.5 Å². The fourth-order valence-corrected chi connectivity index (χ4v) is 2.25. The molecule has 6 heteroatoms. The predicted octanol–water partition coefficient (Wildman–Crippen LogP) is 4.35. The number of halogens is 1. The standard InChI is InChI=1S/C19H19ClN2O3/c1-3-18(23)21-15-6-8-16(9-7-15)22-19(24)11-4-13-12-14(20)5-10-17(13)25-2/h4-12H,3H2,1-2H3,(H,21,23)(H,22,24). The molecule has 0 saturated heterocycles. The summed E-state index contributed by atoms with van der Waals surface area (Å²) in [6, 6.07) is 12.1. The lowest BCUT2D eigenvalue weighted by Gasteiger charge is -2.06. The van der Waals surface area contributed by atoms with Gasteiger partial charge in [0.25, 0.3) is 0 Å². The third-order valence-electron chi connectivity index (χ3n) is 3.36. The molecule has 0 aromatic heterocycles. The maximum absolute atomic E-state index is 12.0. The fraction of sp³-hybridized carbons (Fsp3) is 0.158. The van der Waals surface area contributed by atoms with E-state index in [-0.39, 0.29) is 11.8 Å². The van der Waals surface area contributed by atoms with Gasteiger partial charge in [-0.1, -0.05) is 18.5 Å². The summed E-state index contributed by atoms with van der Waals surface area (Å²) in [6.07, 6.45) is 3.45. The van der Waals surface area contributed by atoms with Crippen molar-refractivity contribution in [2.75, 3.05) is 17.7 Å². The van der Waals surface area contributed by atoms with Crippen LogP contribution in [0, 0.1) is 0 Å². The molecule has 5 nitrogen and oxygen atoms in total. The number of carbonyl (C=O) groups excluding carboxylic acids is 2. The average Bonchev–Trinajstić information content (AvgIpc) is 2.61. The number of rotatable bonds is 6. The minimum absolute atomic E-state index is 0.0600. The summed E-state index contributed by atoms with van der Waals surface area (Å²) >= 11 is 5.96. The lowest BCUT2D eigenvalue weighted by molar-refractivity contribution is -0.116. The molecule has 2 aromatic rings. The topological polar surface area (TPSA) is 67.4 Å². The van der Waals surface area contributed by atoms with Gasteiger partial charge in [-0.3, -0.25) is 9.59 Å². The Bertz CT molecular complexity index is 786. The number of benzene rings is 2. The number of hydrogen-bond donors (Lipinski definition) is 2. The van der Waals surface area contributed by atoms with Crippen LogP contribution in [0.25, 0.3) is 6.08 Å². The van der Waals surface area contributed by atoms with Gasteiger partial charge >= 0.3 is 0 Å². The zero-order valence-electron chi connectivity index (χ0n) is 14.0. The molecular formula is C19H19ClN2O3. The van der Waals surface area contributed by atoms with Gasteiger partial charge in [0.1, 0.15) is 5.75 Å². The Balaban J connectivity index is 2.00. The molecule has 0 saturated carbocycles. The quantitative estimate of drug-likeness (QED) is 0.754. The van der Waals surface area contributed by atoms with Crippen LogP contribution in [0.4, 0.5) is 11.4 Å². The SMILES string of the molecule is CCC(=O)Nc1ccc(NC(=O)C=Cc2cc(Cl)ccc2OC)cc1. The Labute approximate surface area is 151 Å². The molecule has 0 aliphatic rings. The molecule has 0 unspecified atom stereocenters. The number of nitrogens with one attached hydrogen (secondary N) is 2. The number of methoxy groups -OCH3 is 1. The van der Waals surface area contributed by atoms with Crippen molar-refractivity contribution in [1.82, 2.24) is 0 Å². The normalized spacial score (nSPS) is 10.5. The maximum atomic E-state index is 12.0. The highest BCUT2D eigenvalue weighted by Gasteiger charge is 2.03. The third kappa shape index (κ3) is 5.65. The Morgan fingerprint density at radius 1 is 1.08 bits per heavy atom. The second-order valence-corrected chi connectivity index (χ2v) is 5.62. The number of hydrogen-bond acceptors (Lipinski definition) is 3. The smallest absolute Gasteiger partial charge is 0.248 e. The van der Waals surface area contributed by atoms with E-state index in [1.54, 1.807) is 62.6 Å². The molecule has 2 rings (SSSR count). The Morgan fingerprint density at radius 3 is 2.32 bits per heavy atom. The highest BCUT2D eigenvalue weighted by Crippen LogP contribution is 2.23. The van der Waals surface area contributed by atoms with Gasteiger partial charge in [-0.15, -0.1) is 0 Å². The van der Waals surface area contributed by atoms with E-state index in [1.165, 1.54) is 6.08 Å². The zero-order valence-corrected chi connectivity index (χ0v) is 14.8. The lowest BCUT2D eigenvalue weighted by atomic mass is 10.2. The molecule has 0 atom stereocenters. The molecule has 0 spiro atoms. The van der Waals surface area contributed by atoms with Crippen molar-refractivity contribution < 1.29 is 14.3 Å². The first kappa shape index (κ1) is 18.5. The Hall–Kier alpha value is -2.79. The van der Waals surface area contributed by atoms with Gasteiger partial charge in [0, 0.05) is 34.5 Å². The van der Waals surface area contributed by atoms with Crippen LogP contribution >= 0.6 is 11.6 Å². The second kappa shape index (κ2) is 8.89. The number of carbonyl (C=O) groups is 2. The van der Waals surface area contributed by atoms with Crippen LogP contribution in [-0.2, 0) is 9.59 Å². The Kier molecular flexibility index (Phi) is 6.60. The molecule has 0 radical (unpaired) electrons. The first-order valence-electron chi connectivity index (χ1n) is 7.74. The molecule has 130 valence electrons. The molecule has 0 bridgehead atoms. The summed E-state index contributed by atoms with van der Waals surface area (Å²) in [6.45, 7) is 1.78. The van der Waals surface area contributed by atoms with Gasteiger partial charge in [0.2, 0.25) is 11.8 Å². The minimum atomic E-state index is -0.285. The van der Waals surface area contributed by atoms with Crippen molar-refractivity contribution >= 4 is 40.9 Å². The van der Waals surface area contributed by atoms with Crippen LogP contribution in [0.2, 0.25) is 5.02 Å². The van der Waals surface area contributed by atoms with E-state index < -0.39 is 0 Å². The van der Waals surface area contributed by atoms with Crippen LogP contribution in [0.1, 0.15) is 18.9 Å². The zero-order chi connectivity index (χ0) is 18.2. The molecule has 2 N–H and O–H groups in total. The van der Waals surface area contributed by atoms with E-state index >= 15 is 0 Å². The molecule has 25 heavy (non-hydrogen) atoms. The number of ether oxygens (including phenoxy) is 1. The van der Waals surface area contributed by atoms with E-state index in [9.17, 15) is 9.59 Å². The van der Waals surface area contributed by atoms with E-state index in [0.29, 0.717) is 34.1 Å². The van der Waals surface area contributed by atoms with Crippen LogP contribution < -0.4 is 15.4 Å². The van der Waals surface area contributed by atoms with Crippen molar-refractivity contribution in [3.8, 4) is 5.75 Å². The van der Waals surface area contributed by atoms with Crippen molar-refractivity contribution in [2.45, 2.75) is 13.3 Å². The molecule has 2 aromatic carbocycles. The van der Waals surface area contributed by atoms with Crippen molar-refractivity contribution in [3.05, 3.63) is 59.1 Å². The van der Waals surface area contributed by atoms with Crippen LogP contribution in [0.5, 0.6) is 5.75 Å². The number of amides is 2.